The average Bonchev–Trinajstić information content (AvgIpc) is 3.10. The summed E-state index contributed by atoms with van der Waals surface area (Å²) in [5.74, 6) is 1.20. The van der Waals surface area contributed by atoms with Crippen LogP contribution in [0.5, 0.6) is 0 Å². The predicted octanol–water partition coefficient (Wildman–Crippen LogP) is 1.85. The van der Waals surface area contributed by atoms with Crippen molar-refractivity contribution in [3.05, 3.63) is 24.3 Å². The molecule has 0 bridgehead atoms. The molecule has 160 valence electrons. The van der Waals surface area contributed by atoms with Crippen LogP contribution in [0.2, 0.25) is 0 Å². The van der Waals surface area contributed by atoms with Crippen LogP contribution in [0.1, 0.15) is 20.8 Å². The van der Waals surface area contributed by atoms with Crippen molar-refractivity contribution in [2.24, 2.45) is 11.8 Å². The molecular formula is C22H35N5O2. The summed E-state index contributed by atoms with van der Waals surface area (Å²) in [4.78, 5) is 19.5. The number of piperazine rings is 1. The number of benzene rings is 1. The Kier molecular flexibility index (Phi) is 5.62. The third-order valence-electron chi connectivity index (χ3n) is 6.32. The van der Waals surface area contributed by atoms with Gasteiger partial charge in [0, 0.05) is 69.8 Å². The van der Waals surface area contributed by atoms with Crippen molar-refractivity contribution in [1.82, 2.24) is 15.1 Å². The summed E-state index contributed by atoms with van der Waals surface area (Å²) in [6.45, 7) is 14.5. The minimum absolute atomic E-state index is 0.276. The number of nitrogens with two attached hydrogens (primary N) is 1. The first-order valence-corrected chi connectivity index (χ1v) is 10.8. The van der Waals surface area contributed by atoms with Gasteiger partial charge in [0.05, 0.1) is 0 Å². The maximum absolute atomic E-state index is 11.9. The lowest BCUT2D eigenvalue weighted by Gasteiger charge is -2.37. The zero-order valence-electron chi connectivity index (χ0n) is 17.9. The van der Waals surface area contributed by atoms with E-state index >= 15 is 0 Å². The SMILES string of the molecule is CC(C)(C)OC(=O)NC1[C@H]2CN(CCN3CCN(c4ccc(N)cc4)CC3)C[C@@H]12. The Balaban J connectivity index is 1.12. The molecule has 29 heavy (non-hydrogen) atoms. The number of nitrogens with one attached hydrogen (secondary N) is 1. The molecule has 7 heteroatoms. The zero-order chi connectivity index (χ0) is 20.6. The summed E-state index contributed by atoms with van der Waals surface area (Å²) in [7, 11) is 0. The van der Waals surface area contributed by atoms with Crippen LogP contribution in [0.4, 0.5) is 16.2 Å². The lowest BCUT2D eigenvalue weighted by molar-refractivity contribution is 0.0513. The van der Waals surface area contributed by atoms with Gasteiger partial charge in [-0.25, -0.2) is 4.79 Å². The highest BCUT2D eigenvalue weighted by atomic mass is 16.6. The first kappa shape index (κ1) is 20.3. The fraction of sp³-hybridized carbons (Fsp3) is 0.682. The van der Waals surface area contributed by atoms with E-state index in [1.165, 1.54) is 5.69 Å². The molecule has 2 heterocycles. The van der Waals surface area contributed by atoms with E-state index in [2.05, 4.69) is 32.1 Å². The van der Waals surface area contributed by atoms with E-state index in [0.29, 0.717) is 17.9 Å². The summed E-state index contributed by atoms with van der Waals surface area (Å²) in [5, 5.41) is 3.05. The number of anilines is 2. The summed E-state index contributed by atoms with van der Waals surface area (Å²) < 4.78 is 5.37. The molecule has 3 N–H and O–H groups in total. The van der Waals surface area contributed by atoms with E-state index in [1.54, 1.807) is 0 Å². The Labute approximate surface area is 174 Å². The number of nitrogens with zero attached hydrogens (tertiary/aromatic N) is 3. The standard InChI is InChI=1S/C22H35N5O2/c1-22(2,3)29-21(28)24-20-18-14-26(15-19(18)20)9-8-25-10-12-27(13-11-25)17-6-4-16(23)5-7-17/h4-7,18-20H,8-15,23H2,1-3H3,(H,24,28)/t18-,19+,20?. The van der Waals surface area contributed by atoms with Crippen LogP contribution in [0.15, 0.2) is 24.3 Å². The Hall–Kier alpha value is -1.99. The predicted molar refractivity (Wildman–Crippen MR) is 116 cm³/mol. The summed E-state index contributed by atoms with van der Waals surface area (Å²) in [6.07, 6.45) is -0.276. The number of hydrogen-bond acceptors (Lipinski definition) is 6. The third kappa shape index (κ3) is 5.14. The van der Waals surface area contributed by atoms with E-state index in [9.17, 15) is 4.79 Å². The molecule has 3 atom stereocenters. The number of fused-ring (bicyclic) bond motifs is 1. The van der Waals surface area contributed by atoms with Crippen LogP contribution < -0.4 is 16.0 Å². The normalized spacial score (nSPS) is 27.6. The number of nitrogen functional groups attached to an aromatic ring is 1. The molecule has 3 aliphatic rings. The van der Waals surface area contributed by atoms with Crippen molar-refractivity contribution < 1.29 is 9.53 Å². The second kappa shape index (κ2) is 8.03. The number of rotatable bonds is 5. The number of carbonyl (C=O) groups excluding carboxylic acids is 1. The van der Waals surface area contributed by atoms with Gasteiger partial charge in [-0.3, -0.25) is 4.90 Å². The summed E-state index contributed by atoms with van der Waals surface area (Å²) in [6, 6.07) is 8.49. The first-order valence-electron chi connectivity index (χ1n) is 10.8. The van der Waals surface area contributed by atoms with E-state index in [-0.39, 0.29) is 6.09 Å². The van der Waals surface area contributed by atoms with Crippen LogP contribution in [-0.4, -0.2) is 79.9 Å². The van der Waals surface area contributed by atoms with Crippen molar-refractivity contribution in [2.75, 3.05) is 63.0 Å². The quantitative estimate of drug-likeness (QED) is 0.734. The Bertz CT molecular complexity index is 697. The van der Waals surface area contributed by atoms with Crippen molar-refractivity contribution in [2.45, 2.75) is 32.4 Å². The van der Waals surface area contributed by atoms with E-state index in [4.69, 9.17) is 10.5 Å². The highest BCUT2D eigenvalue weighted by molar-refractivity contribution is 5.68. The minimum Gasteiger partial charge on any atom is -0.444 e. The van der Waals surface area contributed by atoms with Crippen LogP contribution in [0, 0.1) is 11.8 Å². The number of carbonyl (C=O) groups is 1. The van der Waals surface area contributed by atoms with Crippen molar-refractivity contribution >= 4 is 17.5 Å². The molecule has 2 saturated heterocycles. The number of alkyl carbamates (subject to hydrolysis) is 1. The van der Waals surface area contributed by atoms with Gasteiger partial charge in [0.1, 0.15) is 5.60 Å². The maximum Gasteiger partial charge on any atom is 0.407 e. The molecule has 1 aromatic rings. The topological polar surface area (TPSA) is 74.1 Å². The van der Waals surface area contributed by atoms with Gasteiger partial charge < -0.3 is 25.6 Å². The van der Waals surface area contributed by atoms with Crippen molar-refractivity contribution in [3.63, 3.8) is 0 Å². The number of hydrogen-bond donors (Lipinski definition) is 2. The zero-order valence-corrected chi connectivity index (χ0v) is 17.9. The van der Waals surface area contributed by atoms with Crippen molar-refractivity contribution in [1.29, 1.82) is 0 Å². The molecule has 0 aromatic heterocycles. The molecule has 2 aliphatic heterocycles. The number of amides is 1. The lowest BCUT2D eigenvalue weighted by atomic mass is 10.2. The van der Waals surface area contributed by atoms with Crippen LogP contribution in [0.3, 0.4) is 0 Å². The minimum atomic E-state index is -0.433. The number of likely N-dealkylation sites (tertiary alicyclic amines) is 1. The number of ether oxygens (including phenoxy) is 1. The second-order valence-corrected chi connectivity index (χ2v) is 9.68. The molecule has 1 amide bonds. The maximum atomic E-state index is 11.9. The molecular weight excluding hydrogens is 366 g/mol. The summed E-state index contributed by atoms with van der Waals surface area (Å²) in [5.41, 5.74) is 7.44. The van der Waals surface area contributed by atoms with Crippen LogP contribution in [-0.2, 0) is 4.74 Å². The largest absolute Gasteiger partial charge is 0.444 e. The van der Waals surface area contributed by atoms with E-state index in [1.807, 2.05) is 32.9 Å². The average molecular weight is 402 g/mol. The molecule has 1 aromatic carbocycles. The molecule has 0 spiro atoms. The molecule has 0 radical (unpaired) electrons. The third-order valence-corrected chi connectivity index (χ3v) is 6.32. The van der Waals surface area contributed by atoms with Gasteiger partial charge >= 0.3 is 6.09 Å². The van der Waals surface area contributed by atoms with Crippen molar-refractivity contribution in [3.8, 4) is 0 Å². The smallest absolute Gasteiger partial charge is 0.407 e. The molecule has 3 fully saturated rings. The monoisotopic (exact) mass is 401 g/mol. The van der Waals surface area contributed by atoms with Gasteiger partial charge in [-0.1, -0.05) is 0 Å². The van der Waals surface area contributed by atoms with Gasteiger partial charge in [0.2, 0.25) is 0 Å². The van der Waals surface area contributed by atoms with Gasteiger partial charge in [-0.2, -0.15) is 0 Å². The molecule has 7 nitrogen and oxygen atoms in total. The van der Waals surface area contributed by atoms with E-state index < -0.39 is 5.60 Å². The molecule has 1 unspecified atom stereocenters. The number of piperidine rings is 1. The Morgan fingerprint density at radius 3 is 2.21 bits per heavy atom. The van der Waals surface area contributed by atoms with Crippen LogP contribution in [0.25, 0.3) is 0 Å². The van der Waals surface area contributed by atoms with Gasteiger partial charge in [-0.05, 0) is 56.9 Å². The van der Waals surface area contributed by atoms with Gasteiger partial charge in [-0.15, -0.1) is 0 Å². The Morgan fingerprint density at radius 1 is 1.03 bits per heavy atom. The summed E-state index contributed by atoms with van der Waals surface area (Å²) >= 11 is 0. The highest BCUT2D eigenvalue weighted by Crippen LogP contribution is 2.45. The molecule has 1 aliphatic carbocycles. The fourth-order valence-corrected chi connectivity index (χ4v) is 4.65. The van der Waals surface area contributed by atoms with Gasteiger partial charge in [0.25, 0.3) is 0 Å². The van der Waals surface area contributed by atoms with Crippen LogP contribution >= 0.6 is 0 Å². The fourth-order valence-electron chi connectivity index (χ4n) is 4.65. The van der Waals surface area contributed by atoms with Gasteiger partial charge in [0.15, 0.2) is 0 Å². The van der Waals surface area contributed by atoms with E-state index in [0.717, 1.165) is 58.0 Å². The molecule has 4 rings (SSSR count). The second-order valence-electron chi connectivity index (χ2n) is 9.68. The lowest BCUT2D eigenvalue weighted by Crippen LogP contribution is -2.48. The Morgan fingerprint density at radius 2 is 1.62 bits per heavy atom. The highest BCUT2D eigenvalue weighted by Gasteiger charge is 2.56. The molecule has 1 saturated carbocycles. The first-order chi connectivity index (χ1) is 13.8.